The Hall–Kier alpha value is -2.17. The predicted octanol–water partition coefficient (Wildman–Crippen LogP) is 2.86. The maximum atomic E-state index is 12.4. The van der Waals surface area contributed by atoms with Gasteiger partial charge in [-0.05, 0) is 35.2 Å². The first kappa shape index (κ1) is 17.2. The fourth-order valence-electron chi connectivity index (χ4n) is 2.43. The van der Waals surface area contributed by atoms with E-state index in [1.807, 2.05) is 36.4 Å². The lowest BCUT2D eigenvalue weighted by Crippen LogP contribution is -2.30. The third kappa shape index (κ3) is 4.65. The van der Waals surface area contributed by atoms with E-state index in [1.165, 1.54) is 5.56 Å². The molecule has 1 amide bonds. The largest absolute Gasteiger partial charge is 0.394 e. The zero-order chi connectivity index (χ0) is 16.7. The molecular weight excluding hydrogens is 290 g/mol. The number of ether oxygens (including phenoxy) is 1. The molecule has 2 aromatic rings. The minimum absolute atomic E-state index is 0.144. The Labute approximate surface area is 137 Å². The van der Waals surface area contributed by atoms with Crippen molar-refractivity contribution in [2.24, 2.45) is 0 Å². The highest BCUT2D eigenvalue weighted by molar-refractivity contribution is 5.94. The first-order valence-electron chi connectivity index (χ1n) is 7.76. The van der Waals surface area contributed by atoms with Gasteiger partial charge in [0, 0.05) is 12.7 Å². The van der Waals surface area contributed by atoms with Gasteiger partial charge in [-0.3, -0.25) is 4.79 Å². The maximum absolute atomic E-state index is 12.4. The summed E-state index contributed by atoms with van der Waals surface area (Å²) in [6.45, 7) is 2.41. The minimum atomic E-state index is -0.417. The second kappa shape index (κ2) is 8.46. The molecule has 0 saturated carbocycles. The molecule has 0 bridgehead atoms. The summed E-state index contributed by atoms with van der Waals surface area (Å²) in [5, 5.41) is 12.5. The first-order chi connectivity index (χ1) is 11.2. The molecule has 0 radical (unpaired) electrons. The number of carbonyl (C=O) groups is 1. The molecule has 0 spiro atoms. The van der Waals surface area contributed by atoms with Crippen molar-refractivity contribution in [1.29, 1.82) is 0 Å². The van der Waals surface area contributed by atoms with Crippen molar-refractivity contribution in [3.8, 4) is 0 Å². The summed E-state index contributed by atoms with van der Waals surface area (Å²) in [6.07, 6.45) is 0.961. The Bertz CT molecular complexity index is 637. The molecule has 2 aromatic carbocycles. The highest BCUT2D eigenvalue weighted by Crippen LogP contribution is 2.15. The lowest BCUT2D eigenvalue weighted by molar-refractivity contribution is 0.0916. The van der Waals surface area contributed by atoms with Crippen LogP contribution in [0.15, 0.2) is 48.5 Å². The molecule has 0 aliphatic rings. The third-order valence-electron chi connectivity index (χ3n) is 3.78. The SMILES string of the molecule is CCc1ccc(C(CO)NC(=O)c2cccc(COC)c2)cc1. The van der Waals surface area contributed by atoms with Crippen molar-refractivity contribution in [2.75, 3.05) is 13.7 Å². The van der Waals surface area contributed by atoms with E-state index in [0.717, 1.165) is 17.5 Å². The molecule has 0 fully saturated rings. The molecule has 4 nitrogen and oxygen atoms in total. The Balaban J connectivity index is 2.11. The Kier molecular flexibility index (Phi) is 6.32. The number of aryl methyl sites for hydroxylation is 1. The van der Waals surface area contributed by atoms with Crippen LogP contribution < -0.4 is 5.32 Å². The lowest BCUT2D eigenvalue weighted by Gasteiger charge is -2.17. The number of aliphatic hydroxyl groups excluding tert-OH is 1. The summed E-state index contributed by atoms with van der Waals surface area (Å²) in [7, 11) is 1.62. The van der Waals surface area contributed by atoms with Crippen LogP contribution in [0.5, 0.6) is 0 Å². The van der Waals surface area contributed by atoms with Gasteiger partial charge in [0.2, 0.25) is 0 Å². The molecule has 23 heavy (non-hydrogen) atoms. The van der Waals surface area contributed by atoms with Crippen molar-refractivity contribution in [1.82, 2.24) is 5.32 Å². The average molecular weight is 313 g/mol. The number of hydrogen-bond donors (Lipinski definition) is 2. The Morgan fingerprint density at radius 3 is 2.52 bits per heavy atom. The summed E-state index contributed by atoms with van der Waals surface area (Å²) < 4.78 is 5.08. The summed E-state index contributed by atoms with van der Waals surface area (Å²) in [6, 6.07) is 14.8. The molecule has 0 saturated heterocycles. The van der Waals surface area contributed by atoms with Crippen molar-refractivity contribution >= 4 is 5.91 Å². The monoisotopic (exact) mass is 313 g/mol. The molecule has 0 aromatic heterocycles. The Morgan fingerprint density at radius 2 is 1.91 bits per heavy atom. The zero-order valence-electron chi connectivity index (χ0n) is 13.6. The van der Waals surface area contributed by atoms with Gasteiger partial charge in [-0.15, -0.1) is 0 Å². The van der Waals surface area contributed by atoms with E-state index < -0.39 is 6.04 Å². The second-order valence-corrected chi connectivity index (χ2v) is 5.44. The quantitative estimate of drug-likeness (QED) is 0.826. The van der Waals surface area contributed by atoms with Crippen LogP contribution >= 0.6 is 0 Å². The smallest absolute Gasteiger partial charge is 0.251 e. The molecule has 1 unspecified atom stereocenters. The summed E-state index contributed by atoms with van der Waals surface area (Å²) >= 11 is 0. The van der Waals surface area contributed by atoms with E-state index in [-0.39, 0.29) is 12.5 Å². The van der Waals surface area contributed by atoms with Crippen LogP contribution in [0.1, 0.15) is 40.0 Å². The molecule has 4 heteroatoms. The van der Waals surface area contributed by atoms with Crippen molar-refractivity contribution in [3.63, 3.8) is 0 Å². The normalized spacial score (nSPS) is 12.0. The number of rotatable bonds is 7. The molecular formula is C19H23NO3. The summed E-state index contributed by atoms with van der Waals surface area (Å²) in [5.41, 5.74) is 3.62. The number of methoxy groups -OCH3 is 1. The number of nitrogens with one attached hydrogen (secondary N) is 1. The van der Waals surface area contributed by atoms with E-state index in [0.29, 0.717) is 12.2 Å². The molecule has 122 valence electrons. The van der Waals surface area contributed by atoms with E-state index >= 15 is 0 Å². The summed E-state index contributed by atoms with van der Waals surface area (Å²) in [4.78, 5) is 12.4. The molecule has 0 heterocycles. The van der Waals surface area contributed by atoms with Crippen LogP contribution in [0.4, 0.5) is 0 Å². The van der Waals surface area contributed by atoms with Crippen LogP contribution in [0.3, 0.4) is 0 Å². The van der Waals surface area contributed by atoms with Gasteiger partial charge >= 0.3 is 0 Å². The molecule has 2 N–H and O–H groups in total. The zero-order valence-corrected chi connectivity index (χ0v) is 13.6. The fourth-order valence-corrected chi connectivity index (χ4v) is 2.43. The number of carbonyl (C=O) groups excluding carboxylic acids is 1. The van der Waals surface area contributed by atoms with Gasteiger partial charge in [-0.1, -0.05) is 43.3 Å². The highest BCUT2D eigenvalue weighted by atomic mass is 16.5. The van der Waals surface area contributed by atoms with Crippen LogP contribution in [-0.2, 0) is 17.8 Å². The van der Waals surface area contributed by atoms with Gasteiger partial charge in [0.25, 0.3) is 5.91 Å². The minimum Gasteiger partial charge on any atom is -0.394 e. The van der Waals surface area contributed by atoms with Gasteiger partial charge in [0.15, 0.2) is 0 Å². The Morgan fingerprint density at radius 1 is 1.17 bits per heavy atom. The molecule has 0 aliphatic heterocycles. The molecule has 0 aliphatic carbocycles. The van der Waals surface area contributed by atoms with Gasteiger partial charge < -0.3 is 15.2 Å². The van der Waals surface area contributed by atoms with Gasteiger partial charge in [-0.25, -0.2) is 0 Å². The number of aliphatic hydroxyl groups is 1. The second-order valence-electron chi connectivity index (χ2n) is 5.44. The first-order valence-corrected chi connectivity index (χ1v) is 7.76. The van der Waals surface area contributed by atoms with E-state index in [4.69, 9.17) is 4.74 Å². The van der Waals surface area contributed by atoms with E-state index in [2.05, 4.69) is 12.2 Å². The highest BCUT2D eigenvalue weighted by Gasteiger charge is 2.15. The summed E-state index contributed by atoms with van der Waals surface area (Å²) in [5.74, 6) is -0.207. The number of amides is 1. The maximum Gasteiger partial charge on any atom is 0.251 e. The number of benzene rings is 2. The fraction of sp³-hybridized carbons (Fsp3) is 0.316. The molecule has 1 atom stereocenters. The number of hydrogen-bond acceptors (Lipinski definition) is 3. The average Bonchev–Trinajstić information content (AvgIpc) is 2.60. The third-order valence-corrected chi connectivity index (χ3v) is 3.78. The van der Waals surface area contributed by atoms with Gasteiger partial charge in [0.1, 0.15) is 0 Å². The van der Waals surface area contributed by atoms with Gasteiger partial charge in [-0.2, -0.15) is 0 Å². The van der Waals surface area contributed by atoms with Gasteiger partial charge in [0.05, 0.1) is 19.3 Å². The van der Waals surface area contributed by atoms with Crippen LogP contribution in [-0.4, -0.2) is 24.7 Å². The topological polar surface area (TPSA) is 58.6 Å². The van der Waals surface area contributed by atoms with Crippen LogP contribution in [0.2, 0.25) is 0 Å². The lowest BCUT2D eigenvalue weighted by atomic mass is 10.0. The van der Waals surface area contributed by atoms with Crippen LogP contribution in [0, 0.1) is 0 Å². The molecule has 2 rings (SSSR count). The van der Waals surface area contributed by atoms with Crippen LogP contribution in [0.25, 0.3) is 0 Å². The van der Waals surface area contributed by atoms with Crippen molar-refractivity contribution in [3.05, 3.63) is 70.8 Å². The van der Waals surface area contributed by atoms with Crippen molar-refractivity contribution < 1.29 is 14.6 Å². The predicted molar refractivity (Wildman–Crippen MR) is 90.3 cm³/mol. The van der Waals surface area contributed by atoms with E-state index in [9.17, 15) is 9.90 Å². The van der Waals surface area contributed by atoms with E-state index in [1.54, 1.807) is 19.2 Å². The standard InChI is InChI=1S/C19H23NO3/c1-3-14-7-9-16(10-8-14)18(12-21)20-19(22)17-6-4-5-15(11-17)13-23-2/h4-11,18,21H,3,12-13H2,1-2H3,(H,20,22). The van der Waals surface area contributed by atoms with Crippen molar-refractivity contribution in [2.45, 2.75) is 26.0 Å².